The summed E-state index contributed by atoms with van der Waals surface area (Å²) in [5.74, 6) is -0.0871. The number of aromatic nitrogens is 2. The lowest BCUT2D eigenvalue weighted by Gasteiger charge is -2.37. The number of hydrogen-bond acceptors (Lipinski definition) is 6. The van der Waals surface area contributed by atoms with Crippen molar-refractivity contribution in [1.82, 2.24) is 20.0 Å². The first-order chi connectivity index (χ1) is 11.0. The second kappa shape index (κ2) is 8.02. The van der Waals surface area contributed by atoms with E-state index in [1.165, 1.54) is 17.1 Å². The van der Waals surface area contributed by atoms with Crippen molar-refractivity contribution in [2.45, 2.75) is 38.9 Å². The summed E-state index contributed by atoms with van der Waals surface area (Å²) < 4.78 is 6.82. The Morgan fingerprint density at radius 2 is 2.43 bits per heavy atom. The molecule has 0 bridgehead atoms. The topological polar surface area (TPSA) is 103 Å². The summed E-state index contributed by atoms with van der Waals surface area (Å²) in [7, 11) is 0. The first kappa shape index (κ1) is 17.4. The van der Waals surface area contributed by atoms with Crippen molar-refractivity contribution >= 4 is 11.6 Å². The molecule has 0 aromatic carbocycles. The highest BCUT2D eigenvalue weighted by atomic mass is 16.6. The number of carbonyl (C=O) groups excluding carboxylic acids is 1. The fourth-order valence-corrected chi connectivity index (χ4v) is 2.65. The number of carbonyl (C=O) groups is 1. The maximum atomic E-state index is 11.9. The SMILES string of the molecule is C[C@@H]1COCCN1[C@@H](C)CNC(=O)CCn1cc([N+](=O)[O-])cn1. The van der Waals surface area contributed by atoms with Crippen LogP contribution in [0, 0.1) is 10.1 Å². The molecule has 2 heterocycles. The predicted octanol–water partition coefficient (Wildman–Crippen LogP) is 0.407. The Balaban J connectivity index is 1.70. The minimum absolute atomic E-state index is 0.0691. The molecule has 1 aliphatic rings. The highest BCUT2D eigenvalue weighted by Gasteiger charge is 2.23. The number of ether oxygens (including phenoxy) is 1. The van der Waals surface area contributed by atoms with Crippen LogP contribution in [0.25, 0.3) is 0 Å². The molecule has 1 aromatic rings. The third-order valence-electron chi connectivity index (χ3n) is 3.98. The zero-order valence-electron chi connectivity index (χ0n) is 13.5. The van der Waals surface area contributed by atoms with Crippen molar-refractivity contribution in [2.75, 3.05) is 26.3 Å². The second-order valence-corrected chi connectivity index (χ2v) is 5.78. The van der Waals surface area contributed by atoms with E-state index in [0.29, 0.717) is 19.1 Å². The Morgan fingerprint density at radius 1 is 1.65 bits per heavy atom. The Kier molecular flexibility index (Phi) is 6.05. The zero-order chi connectivity index (χ0) is 16.8. The molecule has 2 rings (SSSR count). The van der Waals surface area contributed by atoms with Crippen LogP contribution in [0.4, 0.5) is 5.69 Å². The van der Waals surface area contributed by atoms with E-state index >= 15 is 0 Å². The minimum Gasteiger partial charge on any atom is -0.379 e. The van der Waals surface area contributed by atoms with Gasteiger partial charge in [0, 0.05) is 38.1 Å². The first-order valence-electron chi connectivity index (χ1n) is 7.74. The van der Waals surface area contributed by atoms with E-state index in [0.717, 1.165) is 19.8 Å². The number of morpholine rings is 1. The largest absolute Gasteiger partial charge is 0.379 e. The molecule has 1 aliphatic heterocycles. The highest BCUT2D eigenvalue weighted by molar-refractivity contribution is 5.75. The zero-order valence-corrected chi connectivity index (χ0v) is 13.5. The standard InChI is InChI=1S/C14H23N5O4/c1-11(18-5-6-23-10-12(18)2)7-15-14(20)3-4-17-9-13(8-16-17)19(21)22/h8-9,11-12H,3-7,10H2,1-2H3,(H,15,20)/t11-,12+/m0/s1. The van der Waals surface area contributed by atoms with Gasteiger partial charge in [-0.05, 0) is 13.8 Å². The van der Waals surface area contributed by atoms with E-state index in [4.69, 9.17) is 4.74 Å². The Morgan fingerprint density at radius 3 is 3.09 bits per heavy atom. The van der Waals surface area contributed by atoms with Crippen molar-refractivity contribution < 1.29 is 14.5 Å². The van der Waals surface area contributed by atoms with Gasteiger partial charge in [-0.2, -0.15) is 5.10 Å². The van der Waals surface area contributed by atoms with Gasteiger partial charge in [0.05, 0.1) is 18.1 Å². The maximum absolute atomic E-state index is 11.9. The number of rotatable bonds is 7. The van der Waals surface area contributed by atoms with Gasteiger partial charge in [-0.25, -0.2) is 0 Å². The van der Waals surface area contributed by atoms with Crippen molar-refractivity contribution in [3.05, 3.63) is 22.5 Å². The lowest BCUT2D eigenvalue weighted by Crippen LogP contribution is -2.51. The van der Waals surface area contributed by atoms with E-state index in [-0.39, 0.29) is 24.1 Å². The Hall–Kier alpha value is -2.00. The molecule has 128 valence electrons. The molecule has 0 unspecified atom stereocenters. The van der Waals surface area contributed by atoms with Gasteiger partial charge in [-0.3, -0.25) is 24.5 Å². The summed E-state index contributed by atoms with van der Waals surface area (Å²) in [4.78, 5) is 24.3. The van der Waals surface area contributed by atoms with Gasteiger partial charge in [0.15, 0.2) is 0 Å². The molecule has 0 spiro atoms. The molecule has 2 atom stereocenters. The Bertz CT molecular complexity index is 547. The van der Waals surface area contributed by atoms with E-state index in [2.05, 4.69) is 29.2 Å². The van der Waals surface area contributed by atoms with Crippen LogP contribution in [0.2, 0.25) is 0 Å². The van der Waals surface area contributed by atoms with Crippen LogP contribution < -0.4 is 5.32 Å². The van der Waals surface area contributed by atoms with Gasteiger partial charge < -0.3 is 10.1 Å². The van der Waals surface area contributed by atoms with Crippen molar-refractivity contribution in [3.63, 3.8) is 0 Å². The van der Waals surface area contributed by atoms with Crippen LogP contribution in [-0.4, -0.2) is 63.9 Å². The summed E-state index contributed by atoms with van der Waals surface area (Å²) in [6.07, 6.45) is 2.75. The number of nitrogens with one attached hydrogen (secondary N) is 1. The van der Waals surface area contributed by atoms with E-state index in [9.17, 15) is 14.9 Å². The molecule has 1 saturated heterocycles. The number of hydrogen-bond donors (Lipinski definition) is 1. The average Bonchev–Trinajstić information content (AvgIpc) is 3.00. The summed E-state index contributed by atoms with van der Waals surface area (Å²) in [5, 5.41) is 17.3. The second-order valence-electron chi connectivity index (χ2n) is 5.78. The molecule has 1 amide bonds. The monoisotopic (exact) mass is 325 g/mol. The van der Waals surface area contributed by atoms with Gasteiger partial charge in [0.25, 0.3) is 0 Å². The summed E-state index contributed by atoms with van der Waals surface area (Å²) >= 11 is 0. The van der Waals surface area contributed by atoms with Crippen LogP contribution in [0.15, 0.2) is 12.4 Å². The molecule has 1 aromatic heterocycles. The van der Waals surface area contributed by atoms with E-state index in [1.807, 2.05) is 0 Å². The lowest BCUT2D eigenvalue weighted by atomic mass is 10.2. The van der Waals surface area contributed by atoms with Crippen LogP contribution >= 0.6 is 0 Å². The number of aryl methyl sites for hydroxylation is 1. The van der Waals surface area contributed by atoms with E-state index < -0.39 is 4.92 Å². The summed E-state index contributed by atoms with van der Waals surface area (Å²) in [6.45, 7) is 7.40. The maximum Gasteiger partial charge on any atom is 0.306 e. The predicted molar refractivity (Wildman–Crippen MR) is 83.0 cm³/mol. The number of amides is 1. The van der Waals surface area contributed by atoms with Gasteiger partial charge in [0.1, 0.15) is 12.4 Å². The first-order valence-corrected chi connectivity index (χ1v) is 7.74. The van der Waals surface area contributed by atoms with Crippen molar-refractivity contribution in [1.29, 1.82) is 0 Å². The third-order valence-corrected chi connectivity index (χ3v) is 3.98. The van der Waals surface area contributed by atoms with Gasteiger partial charge in [-0.1, -0.05) is 0 Å². The number of nitro groups is 1. The molecule has 1 fully saturated rings. The molecule has 1 N–H and O–H groups in total. The Labute approximate surface area is 134 Å². The van der Waals surface area contributed by atoms with Gasteiger partial charge >= 0.3 is 5.69 Å². The van der Waals surface area contributed by atoms with Crippen LogP contribution in [-0.2, 0) is 16.1 Å². The fraction of sp³-hybridized carbons (Fsp3) is 0.714. The van der Waals surface area contributed by atoms with E-state index in [1.54, 1.807) is 0 Å². The van der Waals surface area contributed by atoms with Crippen LogP contribution in [0.1, 0.15) is 20.3 Å². The minimum atomic E-state index is -0.505. The molecule has 0 aliphatic carbocycles. The molecular formula is C14H23N5O4. The molecule has 23 heavy (non-hydrogen) atoms. The molecule has 9 heteroatoms. The van der Waals surface area contributed by atoms with Crippen molar-refractivity contribution in [2.24, 2.45) is 0 Å². The number of nitrogens with zero attached hydrogens (tertiary/aromatic N) is 4. The summed E-state index contributed by atoms with van der Waals surface area (Å²) in [5.41, 5.74) is -0.0691. The quantitative estimate of drug-likeness (QED) is 0.575. The van der Waals surface area contributed by atoms with Crippen LogP contribution in [0.5, 0.6) is 0 Å². The normalized spacial score (nSPS) is 20.2. The summed E-state index contributed by atoms with van der Waals surface area (Å²) in [6, 6.07) is 0.587. The van der Waals surface area contributed by atoms with Gasteiger partial charge in [-0.15, -0.1) is 0 Å². The molecular weight excluding hydrogens is 302 g/mol. The van der Waals surface area contributed by atoms with Crippen molar-refractivity contribution in [3.8, 4) is 0 Å². The van der Waals surface area contributed by atoms with Crippen LogP contribution in [0.3, 0.4) is 0 Å². The lowest BCUT2D eigenvalue weighted by molar-refractivity contribution is -0.385. The molecule has 0 saturated carbocycles. The smallest absolute Gasteiger partial charge is 0.306 e. The van der Waals surface area contributed by atoms with Gasteiger partial charge in [0.2, 0.25) is 5.91 Å². The average molecular weight is 325 g/mol. The molecule has 9 nitrogen and oxygen atoms in total. The fourth-order valence-electron chi connectivity index (χ4n) is 2.65. The third kappa shape index (κ3) is 5.00. The highest BCUT2D eigenvalue weighted by Crippen LogP contribution is 2.10. The molecule has 0 radical (unpaired) electrons.